The van der Waals surface area contributed by atoms with Crippen molar-refractivity contribution in [2.45, 2.75) is 416 Å². The maximum atomic E-state index is 13.5. The molecule has 1 rings (SSSR count). The molecule has 0 spiro atoms. The smallest absolute Gasteiger partial charge is 0.306 e. The highest BCUT2D eigenvalue weighted by atomic mass is 16.7. The minimum Gasteiger partial charge on any atom is -0.454 e. The van der Waals surface area contributed by atoms with Gasteiger partial charge in [-0.3, -0.25) is 9.59 Å². The summed E-state index contributed by atoms with van der Waals surface area (Å²) in [5.74, 6) is -1.17. The largest absolute Gasteiger partial charge is 0.454 e. The number of rotatable bonds is 64. The minimum atomic E-state index is -1.61. The molecule has 8 atom stereocenters. The molecule has 1 aliphatic rings. The van der Waals surface area contributed by atoms with Gasteiger partial charge in [0.05, 0.1) is 25.4 Å². The molecule has 496 valence electrons. The van der Waals surface area contributed by atoms with E-state index in [0.717, 1.165) is 57.8 Å². The summed E-state index contributed by atoms with van der Waals surface area (Å²) >= 11 is 0. The Labute approximate surface area is 518 Å². The second-order valence-corrected chi connectivity index (χ2v) is 25.7. The molecule has 1 fully saturated rings. The second kappa shape index (κ2) is 61.4. The van der Waals surface area contributed by atoms with Crippen LogP contribution in [0.3, 0.4) is 0 Å². The van der Waals surface area contributed by atoms with E-state index in [-0.39, 0.29) is 13.0 Å². The molecule has 0 radical (unpaired) electrons. The zero-order valence-corrected chi connectivity index (χ0v) is 55.3. The first-order valence-corrected chi connectivity index (χ1v) is 36.6. The van der Waals surface area contributed by atoms with E-state index in [1.165, 1.54) is 263 Å². The van der Waals surface area contributed by atoms with Gasteiger partial charge >= 0.3 is 5.97 Å². The highest BCUT2D eigenvalue weighted by Gasteiger charge is 2.47. The molecule has 0 bridgehead atoms. The number of unbranched alkanes of at least 4 members (excludes halogenated alkanes) is 48. The van der Waals surface area contributed by atoms with Crippen LogP contribution in [0.4, 0.5) is 0 Å². The molecule has 11 nitrogen and oxygen atoms in total. The summed E-state index contributed by atoms with van der Waals surface area (Å²) in [4.78, 5) is 26.7. The fraction of sp³-hybridized carbons (Fsp3) is 0.918. The van der Waals surface area contributed by atoms with Crippen LogP contribution in [0.25, 0.3) is 0 Å². The third-order valence-electron chi connectivity index (χ3n) is 17.6. The first-order chi connectivity index (χ1) is 41.2. The van der Waals surface area contributed by atoms with Gasteiger partial charge in [0.25, 0.3) is 0 Å². The normalized spacial score (nSPS) is 18.5. The van der Waals surface area contributed by atoms with Gasteiger partial charge in [0, 0.05) is 6.42 Å². The Kier molecular flexibility index (Phi) is 58.6. The monoisotopic (exact) mass is 1190 g/mol. The Bertz CT molecular complexity index is 1460. The van der Waals surface area contributed by atoms with Crippen LogP contribution in [0.5, 0.6) is 0 Å². The lowest BCUT2D eigenvalue weighted by atomic mass is 9.99. The highest BCUT2D eigenvalue weighted by molar-refractivity contribution is 5.80. The number of ether oxygens (including phenoxy) is 3. The third kappa shape index (κ3) is 48.1. The molecule has 84 heavy (non-hydrogen) atoms. The molecule has 0 aromatic rings. The first kappa shape index (κ1) is 80.2. The van der Waals surface area contributed by atoms with Crippen molar-refractivity contribution in [2.75, 3.05) is 13.2 Å². The van der Waals surface area contributed by atoms with E-state index in [9.17, 15) is 35.1 Å². The molecule has 0 saturated carbocycles. The van der Waals surface area contributed by atoms with Gasteiger partial charge in [-0.15, -0.1) is 0 Å². The quantitative estimate of drug-likeness (QED) is 0.0195. The number of hydrogen-bond donors (Lipinski definition) is 6. The van der Waals surface area contributed by atoms with Gasteiger partial charge in [-0.2, -0.15) is 0 Å². The van der Waals surface area contributed by atoms with Crippen LogP contribution in [0.2, 0.25) is 0 Å². The number of aliphatic hydroxyl groups excluding tert-OH is 5. The average Bonchev–Trinajstić information content (AvgIpc) is 3.69. The summed E-state index contributed by atoms with van der Waals surface area (Å²) < 4.78 is 17.7. The van der Waals surface area contributed by atoms with Crippen molar-refractivity contribution in [1.82, 2.24) is 5.32 Å². The van der Waals surface area contributed by atoms with Gasteiger partial charge in [0.1, 0.15) is 24.4 Å². The van der Waals surface area contributed by atoms with E-state index < -0.39 is 67.4 Å². The van der Waals surface area contributed by atoms with E-state index in [0.29, 0.717) is 19.3 Å². The van der Waals surface area contributed by atoms with Crippen LogP contribution in [-0.2, 0) is 23.8 Å². The van der Waals surface area contributed by atoms with E-state index >= 15 is 0 Å². The van der Waals surface area contributed by atoms with Crippen molar-refractivity contribution in [3.8, 4) is 0 Å². The Morgan fingerprint density at radius 1 is 0.452 bits per heavy atom. The molecular formula is C73H139NO10. The Balaban J connectivity index is 2.53. The van der Waals surface area contributed by atoms with Crippen LogP contribution >= 0.6 is 0 Å². The number of allylic oxidation sites excluding steroid dienone is 3. The number of hydrogen-bond acceptors (Lipinski definition) is 10. The third-order valence-corrected chi connectivity index (χ3v) is 17.6. The van der Waals surface area contributed by atoms with E-state index in [1.807, 2.05) is 6.08 Å². The maximum Gasteiger partial charge on any atom is 0.306 e. The van der Waals surface area contributed by atoms with Crippen molar-refractivity contribution in [3.63, 3.8) is 0 Å². The van der Waals surface area contributed by atoms with Crippen LogP contribution in [0, 0.1) is 0 Å². The summed E-state index contributed by atoms with van der Waals surface area (Å²) in [6, 6.07) is -1.02. The number of nitrogens with one attached hydrogen (secondary N) is 1. The number of carbonyl (C=O) groups excluding carboxylic acids is 2. The molecular weight excluding hydrogens is 1050 g/mol. The lowest BCUT2D eigenvalue weighted by Gasteiger charge is -2.41. The van der Waals surface area contributed by atoms with Crippen LogP contribution in [0.15, 0.2) is 24.3 Å². The van der Waals surface area contributed by atoms with Gasteiger partial charge in [-0.1, -0.05) is 334 Å². The number of carbonyl (C=O) groups is 2. The lowest BCUT2D eigenvalue weighted by Crippen LogP contribution is -2.61. The molecule has 1 heterocycles. The minimum absolute atomic E-state index is 0.129. The molecule has 1 saturated heterocycles. The first-order valence-electron chi connectivity index (χ1n) is 36.6. The molecule has 11 heteroatoms. The van der Waals surface area contributed by atoms with Gasteiger partial charge in [-0.05, 0) is 51.4 Å². The van der Waals surface area contributed by atoms with Gasteiger partial charge in [-0.25, -0.2) is 0 Å². The molecule has 1 amide bonds. The summed E-state index contributed by atoms with van der Waals surface area (Å²) in [5, 5.41) is 57.3. The highest BCUT2D eigenvalue weighted by Crippen LogP contribution is 2.27. The fourth-order valence-corrected chi connectivity index (χ4v) is 11.8. The summed E-state index contributed by atoms with van der Waals surface area (Å²) in [6.45, 7) is 5.85. The SMILES string of the molecule is CCCCCCCC/C=C/CCCCCCCCCCCCCCCCCC(=O)OC1C(OCC(NC(=O)C(O)CCCCCCCCCCCCCCCCCCCC)C(O)/C=C/CCCCCCCCCCCC)OC(CO)C(O)C1O. The molecule has 0 aliphatic carbocycles. The Morgan fingerprint density at radius 3 is 1.15 bits per heavy atom. The van der Waals surface area contributed by atoms with Crippen LogP contribution in [0.1, 0.15) is 367 Å². The topological polar surface area (TPSA) is 175 Å². The number of aliphatic hydroxyl groups is 5. The zero-order valence-electron chi connectivity index (χ0n) is 55.3. The van der Waals surface area contributed by atoms with Crippen molar-refractivity contribution < 1.29 is 49.3 Å². The standard InChI is InChI=1S/C73H139NO10/c1-4-7-10-13-16-19-22-25-27-29-31-32-33-34-35-36-37-39-41-43-46-49-52-55-58-61-68(78)84-71-70(80)69(79)67(62-75)83-73(71)82-63-64(65(76)59-56-53-50-47-44-24-21-18-15-12-9-6-3)74-72(81)66(77)60-57-54-51-48-45-42-40-38-30-28-26-23-20-17-14-11-8-5-2/h25,27,56,59,64-67,69-71,73,75-77,79-80H,4-24,26,28-55,57-58,60-63H2,1-3H3,(H,74,81)/b27-25+,59-56+. The molecule has 1 aliphatic heterocycles. The summed E-state index contributed by atoms with van der Waals surface area (Å²) in [7, 11) is 0. The predicted octanol–water partition coefficient (Wildman–Crippen LogP) is 18.8. The van der Waals surface area contributed by atoms with Gasteiger partial charge in [0.15, 0.2) is 12.4 Å². The van der Waals surface area contributed by atoms with Crippen molar-refractivity contribution >= 4 is 11.9 Å². The molecule has 6 N–H and O–H groups in total. The average molecular weight is 1190 g/mol. The van der Waals surface area contributed by atoms with Crippen molar-refractivity contribution in [2.24, 2.45) is 0 Å². The molecule has 0 aromatic carbocycles. The van der Waals surface area contributed by atoms with Crippen molar-refractivity contribution in [3.05, 3.63) is 24.3 Å². The van der Waals surface area contributed by atoms with Gasteiger partial charge in [0.2, 0.25) is 5.91 Å². The Hall–Kier alpha value is -1.86. The fourth-order valence-electron chi connectivity index (χ4n) is 11.8. The zero-order chi connectivity index (χ0) is 61.0. The second-order valence-electron chi connectivity index (χ2n) is 25.7. The van der Waals surface area contributed by atoms with E-state index in [4.69, 9.17) is 14.2 Å². The van der Waals surface area contributed by atoms with E-state index in [1.54, 1.807) is 6.08 Å². The predicted molar refractivity (Wildman–Crippen MR) is 352 cm³/mol. The van der Waals surface area contributed by atoms with Gasteiger partial charge < -0.3 is 45.1 Å². The summed E-state index contributed by atoms with van der Waals surface area (Å²) in [5.41, 5.74) is 0. The molecule has 8 unspecified atom stereocenters. The lowest BCUT2D eigenvalue weighted by molar-refractivity contribution is -0.305. The van der Waals surface area contributed by atoms with E-state index in [2.05, 4.69) is 38.2 Å². The summed E-state index contributed by atoms with van der Waals surface area (Å²) in [6.07, 6.45) is 63.7. The molecule has 0 aromatic heterocycles. The van der Waals surface area contributed by atoms with Crippen molar-refractivity contribution in [1.29, 1.82) is 0 Å². The van der Waals surface area contributed by atoms with Crippen LogP contribution < -0.4 is 5.32 Å². The number of esters is 1. The Morgan fingerprint density at radius 2 is 0.786 bits per heavy atom. The number of amides is 1. The van der Waals surface area contributed by atoms with Crippen LogP contribution in [-0.4, -0.2) is 99.6 Å². The maximum absolute atomic E-state index is 13.5.